The third kappa shape index (κ3) is 3.73. The Labute approximate surface area is 177 Å². The van der Waals surface area contributed by atoms with Crippen LogP contribution in [0.3, 0.4) is 0 Å². The molecule has 0 aliphatic heterocycles. The minimum atomic E-state index is -0.0898. The number of aromatic nitrogens is 2. The largest absolute Gasteiger partial charge is 0.345 e. The summed E-state index contributed by atoms with van der Waals surface area (Å²) in [6.07, 6.45) is 0. The van der Waals surface area contributed by atoms with E-state index < -0.39 is 0 Å². The highest BCUT2D eigenvalue weighted by Crippen LogP contribution is 2.25. The quantitative estimate of drug-likeness (QED) is 0.500. The Hall–Kier alpha value is -3.40. The lowest BCUT2D eigenvalue weighted by Crippen LogP contribution is -2.25. The fraction of sp³-hybridized carbons (Fsp3) is 0.231. The van der Waals surface area contributed by atoms with Gasteiger partial charge >= 0.3 is 0 Å². The van der Waals surface area contributed by atoms with Crippen molar-refractivity contribution in [3.05, 3.63) is 99.9 Å². The summed E-state index contributed by atoms with van der Waals surface area (Å²) in [5.74, 6) is 0.770. The Bertz CT molecular complexity index is 1200. The fourth-order valence-electron chi connectivity index (χ4n) is 3.98. The summed E-state index contributed by atoms with van der Waals surface area (Å²) >= 11 is 0. The molecule has 0 radical (unpaired) electrons. The molecule has 0 aliphatic rings. The van der Waals surface area contributed by atoms with Gasteiger partial charge in [0.2, 0.25) is 0 Å². The first-order valence-electron chi connectivity index (χ1n) is 10.3. The van der Waals surface area contributed by atoms with Gasteiger partial charge in [-0.05, 0) is 79.8 Å². The molecular weight excluding hydrogens is 370 g/mol. The fourth-order valence-corrected chi connectivity index (χ4v) is 3.98. The number of amides is 1. The standard InChI is InChI=1S/C26H27N3O/c1-17-14-18(2)20(4)22(19(17)3)16-29-24-13-9-8-12-23(24)28-25(29)15-27-26(30)21-10-6-5-7-11-21/h5-14H,15-16H2,1-4H3,(H,27,30). The van der Waals surface area contributed by atoms with Crippen molar-refractivity contribution in [1.82, 2.24) is 14.9 Å². The van der Waals surface area contributed by atoms with Gasteiger partial charge in [-0.25, -0.2) is 4.98 Å². The van der Waals surface area contributed by atoms with Crippen molar-refractivity contribution in [3.8, 4) is 0 Å². The number of imidazole rings is 1. The van der Waals surface area contributed by atoms with E-state index in [1.165, 1.54) is 27.8 Å². The Morgan fingerprint density at radius 3 is 2.23 bits per heavy atom. The molecule has 4 aromatic rings. The van der Waals surface area contributed by atoms with Gasteiger partial charge in [0.15, 0.2) is 0 Å². The van der Waals surface area contributed by atoms with Gasteiger partial charge in [0.25, 0.3) is 5.91 Å². The van der Waals surface area contributed by atoms with E-state index in [4.69, 9.17) is 4.98 Å². The van der Waals surface area contributed by atoms with Crippen LogP contribution < -0.4 is 5.32 Å². The number of nitrogens with one attached hydrogen (secondary N) is 1. The normalized spacial score (nSPS) is 11.1. The highest BCUT2D eigenvalue weighted by molar-refractivity contribution is 5.94. The summed E-state index contributed by atoms with van der Waals surface area (Å²) in [5.41, 5.74) is 9.24. The molecule has 0 bridgehead atoms. The first-order chi connectivity index (χ1) is 14.5. The zero-order chi connectivity index (χ0) is 21.3. The monoisotopic (exact) mass is 397 g/mol. The van der Waals surface area contributed by atoms with Crippen LogP contribution in [0.25, 0.3) is 11.0 Å². The highest BCUT2D eigenvalue weighted by atomic mass is 16.1. The van der Waals surface area contributed by atoms with E-state index >= 15 is 0 Å². The molecule has 0 fully saturated rings. The molecule has 3 aromatic carbocycles. The van der Waals surface area contributed by atoms with Crippen LogP contribution in [0.5, 0.6) is 0 Å². The second-order valence-electron chi connectivity index (χ2n) is 7.89. The number of carbonyl (C=O) groups excluding carboxylic acids is 1. The van der Waals surface area contributed by atoms with Gasteiger partial charge in [0, 0.05) is 12.1 Å². The molecule has 1 N–H and O–H groups in total. The number of nitrogens with zero attached hydrogens (tertiary/aromatic N) is 2. The van der Waals surface area contributed by atoms with Crippen molar-refractivity contribution in [3.63, 3.8) is 0 Å². The van der Waals surface area contributed by atoms with Crippen molar-refractivity contribution in [2.45, 2.75) is 40.8 Å². The SMILES string of the molecule is Cc1cc(C)c(C)c(Cn2c(CNC(=O)c3ccccc3)nc3ccccc32)c1C. The number of aryl methyl sites for hydroxylation is 2. The zero-order valence-corrected chi connectivity index (χ0v) is 18.0. The predicted octanol–water partition coefficient (Wildman–Crippen LogP) is 5.25. The van der Waals surface area contributed by atoms with E-state index in [1.54, 1.807) is 0 Å². The smallest absolute Gasteiger partial charge is 0.251 e. The van der Waals surface area contributed by atoms with E-state index in [1.807, 2.05) is 48.5 Å². The molecule has 0 unspecified atom stereocenters. The topological polar surface area (TPSA) is 46.9 Å². The minimum absolute atomic E-state index is 0.0898. The van der Waals surface area contributed by atoms with E-state index in [-0.39, 0.29) is 5.91 Å². The molecule has 4 heteroatoms. The van der Waals surface area contributed by atoms with Crippen molar-refractivity contribution < 1.29 is 4.79 Å². The van der Waals surface area contributed by atoms with Crippen molar-refractivity contribution >= 4 is 16.9 Å². The molecule has 0 aliphatic carbocycles. The number of para-hydroxylation sites is 2. The van der Waals surface area contributed by atoms with Crippen LogP contribution in [0, 0.1) is 27.7 Å². The molecule has 1 heterocycles. The third-order valence-corrected chi connectivity index (χ3v) is 6.01. The summed E-state index contributed by atoms with van der Waals surface area (Å²) in [6, 6.07) is 19.7. The molecule has 0 spiro atoms. The van der Waals surface area contributed by atoms with Crippen molar-refractivity contribution in [2.24, 2.45) is 0 Å². The first-order valence-corrected chi connectivity index (χ1v) is 10.3. The maximum absolute atomic E-state index is 12.6. The van der Waals surface area contributed by atoms with Gasteiger partial charge in [-0.3, -0.25) is 4.79 Å². The average Bonchev–Trinajstić information content (AvgIpc) is 3.11. The molecule has 0 saturated heterocycles. The zero-order valence-electron chi connectivity index (χ0n) is 18.0. The van der Waals surface area contributed by atoms with Gasteiger partial charge in [-0.2, -0.15) is 0 Å². The maximum Gasteiger partial charge on any atom is 0.251 e. The van der Waals surface area contributed by atoms with E-state index in [0.717, 1.165) is 23.4 Å². The summed E-state index contributed by atoms with van der Waals surface area (Å²) in [7, 11) is 0. The van der Waals surface area contributed by atoms with Gasteiger partial charge in [0.05, 0.1) is 17.6 Å². The summed E-state index contributed by atoms with van der Waals surface area (Å²) in [5, 5.41) is 3.03. The molecule has 0 saturated carbocycles. The first kappa shape index (κ1) is 19.9. The lowest BCUT2D eigenvalue weighted by atomic mass is 9.94. The number of benzene rings is 3. The Morgan fingerprint density at radius 1 is 0.900 bits per heavy atom. The van der Waals surface area contributed by atoms with Crippen LogP contribution in [-0.4, -0.2) is 15.5 Å². The molecule has 1 aromatic heterocycles. The highest BCUT2D eigenvalue weighted by Gasteiger charge is 2.16. The van der Waals surface area contributed by atoms with Crippen LogP contribution in [0.15, 0.2) is 60.7 Å². The number of fused-ring (bicyclic) bond motifs is 1. The number of carbonyl (C=O) groups is 1. The van der Waals surface area contributed by atoms with Crippen molar-refractivity contribution in [1.29, 1.82) is 0 Å². The average molecular weight is 398 g/mol. The lowest BCUT2D eigenvalue weighted by Gasteiger charge is -2.18. The predicted molar refractivity (Wildman–Crippen MR) is 122 cm³/mol. The van der Waals surface area contributed by atoms with Crippen LogP contribution >= 0.6 is 0 Å². The van der Waals surface area contributed by atoms with E-state index in [0.29, 0.717) is 12.1 Å². The van der Waals surface area contributed by atoms with Crippen LogP contribution in [-0.2, 0) is 13.1 Å². The molecule has 4 rings (SSSR count). The number of hydrogen-bond acceptors (Lipinski definition) is 2. The number of rotatable bonds is 5. The third-order valence-electron chi connectivity index (χ3n) is 6.01. The summed E-state index contributed by atoms with van der Waals surface area (Å²) in [6.45, 7) is 9.82. The summed E-state index contributed by atoms with van der Waals surface area (Å²) in [4.78, 5) is 17.4. The van der Waals surface area contributed by atoms with Crippen molar-refractivity contribution in [2.75, 3.05) is 0 Å². The molecule has 4 nitrogen and oxygen atoms in total. The summed E-state index contributed by atoms with van der Waals surface area (Å²) < 4.78 is 2.23. The van der Waals surface area contributed by atoms with Crippen LogP contribution in [0.1, 0.15) is 44.0 Å². The second-order valence-corrected chi connectivity index (χ2v) is 7.89. The Kier molecular flexibility index (Phi) is 5.40. The molecule has 30 heavy (non-hydrogen) atoms. The number of hydrogen-bond donors (Lipinski definition) is 1. The molecule has 1 amide bonds. The Balaban J connectivity index is 1.71. The van der Waals surface area contributed by atoms with E-state index in [9.17, 15) is 4.79 Å². The van der Waals surface area contributed by atoms with Crippen LogP contribution in [0.4, 0.5) is 0 Å². The lowest BCUT2D eigenvalue weighted by molar-refractivity contribution is 0.0949. The maximum atomic E-state index is 12.6. The second kappa shape index (κ2) is 8.15. The van der Waals surface area contributed by atoms with Gasteiger partial charge < -0.3 is 9.88 Å². The Morgan fingerprint density at radius 2 is 1.53 bits per heavy atom. The van der Waals surface area contributed by atoms with Gasteiger partial charge in [-0.1, -0.05) is 36.4 Å². The van der Waals surface area contributed by atoms with Crippen LogP contribution in [0.2, 0.25) is 0 Å². The van der Waals surface area contributed by atoms with Gasteiger partial charge in [-0.15, -0.1) is 0 Å². The molecular formula is C26H27N3O. The molecule has 152 valence electrons. The minimum Gasteiger partial charge on any atom is -0.345 e. The van der Waals surface area contributed by atoms with Gasteiger partial charge in [0.1, 0.15) is 5.82 Å². The van der Waals surface area contributed by atoms with E-state index in [2.05, 4.69) is 49.7 Å². The molecule has 0 atom stereocenters.